The second kappa shape index (κ2) is 5.78. The number of hydrogen-bond acceptors (Lipinski definition) is 2. The van der Waals surface area contributed by atoms with Gasteiger partial charge in [-0.2, -0.15) is 4.36 Å². The first-order chi connectivity index (χ1) is 7.13. The molecule has 1 rings (SSSR count). The minimum absolute atomic E-state index is 0.0927. The predicted molar refractivity (Wildman–Crippen MR) is 64.1 cm³/mol. The van der Waals surface area contributed by atoms with Gasteiger partial charge in [0.1, 0.15) is 0 Å². The molecule has 0 saturated heterocycles. The molecule has 0 aliphatic heterocycles. The maximum Gasteiger partial charge on any atom is 0.265 e. The van der Waals surface area contributed by atoms with Gasteiger partial charge in [0.15, 0.2) is 0 Å². The summed E-state index contributed by atoms with van der Waals surface area (Å²) in [5.74, 6) is -0.0927. The van der Waals surface area contributed by atoms with Crippen molar-refractivity contribution in [3.8, 4) is 0 Å². The van der Waals surface area contributed by atoms with Crippen molar-refractivity contribution in [1.29, 1.82) is 0 Å². The van der Waals surface area contributed by atoms with Gasteiger partial charge in [-0.3, -0.25) is 4.79 Å². The SMILES string of the molecule is CNCC(=O)N=[S@@](C)c1cccc(C)c1. The summed E-state index contributed by atoms with van der Waals surface area (Å²) < 4.78 is 4.10. The van der Waals surface area contributed by atoms with Gasteiger partial charge in [-0.1, -0.05) is 22.8 Å². The molecule has 0 radical (unpaired) electrons. The van der Waals surface area contributed by atoms with Crippen molar-refractivity contribution in [3.63, 3.8) is 0 Å². The first kappa shape index (κ1) is 12.1. The standard InChI is InChI=1S/C11H16N2OS/c1-9-5-4-6-10(7-9)15(3)13-11(14)8-12-2/h4-7,12H,8H2,1-3H3/t15-/m0/s1. The van der Waals surface area contributed by atoms with Crippen LogP contribution in [0.2, 0.25) is 0 Å². The molecule has 82 valence electrons. The van der Waals surface area contributed by atoms with Gasteiger partial charge in [-0.15, -0.1) is 0 Å². The third-order valence-electron chi connectivity index (χ3n) is 1.90. The van der Waals surface area contributed by atoms with E-state index in [0.29, 0.717) is 6.54 Å². The van der Waals surface area contributed by atoms with Crippen LogP contribution in [0, 0.1) is 6.92 Å². The Bertz CT molecular complexity index is 388. The number of hydrogen-bond donors (Lipinski definition) is 1. The lowest BCUT2D eigenvalue weighted by atomic mass is 10.2. The van der Waals surface area contributed by atoms with Crippen LogP contribution < -0.4 is 5.32 Å². The fourth-order valence-electron chi connectivity index (χ4n) is 1.19. The molecule has 0 spiro atoms. The summed E-state index contributed by atoms with van der Waals surface area (Å²) in [5.41, 5.74) is 1.20. The van der Waals surface area contributed by atoms with Crippen molar-refractivity contribution < 1.29 is 4.79 Å². The number of carbonyl (C=O) groups is 1. The molecule has 0 aliphatic rings. The quantitative estimate of drug-likeness (QED) is 0.846. The highest BCUT2D eigenvalue weighted by atomic mass is 32.2. The number of likely N-dealkylation sites (N-methyl/N-ethyl adjacent to an activating group) is 1. The van der Waals surface area contributed by atoms with Crippen LogP contribution in [0.1, 0.15) is 5.56 Å². The average molecular weight is 224 g/mol. The van der Waals surface area contributed by atoms with E-state index in [0.717, 1.165) is 4.90 Å². The lowest BCUT2D eigenvalue weighted by molar-refractivity contribution is -0.116. The number of benzene rings is 1. The number of nitrogens with zero attached hydrogens (tertiary/aromatic N) is 1. The van der Waals surface area contributed by atoms with Crippen molar-refractivity contribution in [2.24, 2.45) is 4.36 Å². The van der Waals surface area contributed by atoms with Crippen LogP contribution in [0.15, 0.2) is 33.5 Å². The van der Waals surface area contributed by atoms with Crippen LogP contribution in [0.3, 0.4) is 0 Å². The Kier molecular flexibility index (Phi) is 4.65. The van der Waals surface area contributed by atoms with Crippen molar-refractivity contribution in [2.75, 3.05) is 19.8 Å². The Morgan fingerprint density at radius 1 is 1.53 bits per heavy atom. The van der Waals surface area contributed by atoms with Gasteiger partial charge in [0.2, 0.25) is 0 Å². The minimum atomic E-state index is -0.340. The molecular weight excluding hydrogens is 208 g/mol. The number of carbonyl (C=O) groups excluding carboxylic acids is 1. The van der Waals surface area contributed by atoms with Crippen LogP contribution >= 0.6 is 0 Å². The monoisotopic (exact) mass is 224 g/mol. The zero-order chi connectivity index (χ0) is 11.3. The Morgan fingerprint density at radius 3 is 2.87 bits per heavy atom. The van der Waals surface area contributed by atoms with Crippen molar-refractivity contribution >= 4 is 16.6 Å². The molecule has 1 aromatic rings. The molecule has 1 N–H and O–H groups in total. The summed E-state index contributed by atoms with van der Waals surface area (Å²) in [7, 11) is 1.40. The summed E-state index contributed by atoms with van der Waals surface area (Å²) >= 11 is 0. The van der Waals surface area contributed by atoms with E-state index in [2.05, 4.69) is 15.7 Å². The first-order valence-electron chi connectivity index (χ1n) is 4.75. The fraction of sp³-hybridized carbons (Fsp3) is 0.364. The second-order valence-corrected chi connectivity index (χ2v) is 4.92. The van der Waals surface area contributed by atoms with E-state index < -0.39 is 0 Å². The zero-order valence-corrected chi connectivity index (χ0v) is 10.1. The van der Waals surface area contributed by atoms with Crippen molar-refractivity contribution in [3.05, 3.63) is 29.8 Å². The maximum absolute atomic E-state index is 11.3. The highest BCUT2D eigenvalue weighted by molar-refractivity contribution is 7.86. The molecular formula is C11H16N2OS. The zero-order valence-electron chi connectivity index (χ0n) is 9.28. The Balaban J connectivity index is 2.84. The summed E-state index contributed by atoms with van der Waals surface area (Å²) in [6, 6.07) is 8.11. The van der Waals surface area contributed by atoms with Gasteiger partial charge < -0.3 is 5.32 Å². The van der Waals surface area contributed by atoms with Gasteiger partial charge in [0, 0.05) is 4.90 Å². The molecule has 0 unspecified atom stereocenters. The topological polar surface area (TPSA) is 41.5 Å². The first-order valence-corrected chi connectivity index (χ1v) is 6.34. The van der Waals surface area contributed by atoms with E-state index in [1.807, 2.05) is 31.4 Å². The average Bonchev–Trinajstić information content (AvgIpc) is 2.18. The maximum atomic E-state index is 11.3. The van der Waals surface area contributed by atoms with Crippen molar-refractivity contribution in [1.82, 2.24) is 5.32 Å². The Labute approximate surface area is 93.0 Å². The van der Waals surface area contributed by atoms with E-state index in [1.165, 1.54) is 5.56 Å². The molecule has 3 nitrogen and oxygen atoms in total. The van der Waals surface area contributed by atoms with E-state index >= 15 is 0 Å². The fourth-order valence-corrected chi connectivity index (χ4v) is 2.30. The van der Waals surface area contributed by atoms with Crippen LogP contribution in [-0.4, -0.2) is 25.8 Å². The summed E-state index contributed by atoms with van der Waals surface area (Å²) in [4.78, 5) is 12.4. The molecule has 0 bridgehead atoms. The molecule has 1 amide bonds. The lowest BCUT2D eigenvalue weighted by Gasteiger charge is -2.02. The second-order valence-electron chi connectivity index (χ2n) is 3.31. The third kappa shape index (κ3) is 3.93. The van der Waals surface area contributed by atoms with Gasteiger partial charge in [0.05, 0.1) is 6.54 Å². The normalized spacial score (nSPS) is 12.7. The molecule has 0 saturated carbocycles. The van der Waals surface area contributed by atoms with Gasteiger partial charge in [-0.25, -0.2) is 0 Å². The number of aryl methyl sites for hydroxylation is 1. The van der Waals surface area contributed by atoms with Gasteiger partial charge >= 0.3 is 0 Å². The Hall–Kier alpha value is -1.00. The smallest absolute Gasteiger partial charge is 0.265 e. The molecule has 0 heterocycles. The van der Waals surface area contributed by atoms with E-state index in [4.69, 9.17) is 0 Å². The van der Waals surface area contributed by atoms with Gasteiger partial charge in [0.25, 0.3) is 5.91 Å². The molecule has 0 fully saturated rings. The van der Waals surface area contributed by atoms with Crippen LogP contribution in [0.25, 0.3) is 0 Å². The molecule has 0 aliphatic carbocycles. The Morgan fingerprint density at radius 2 is 2.27 bits per heavy atom. The molecule has 0 aromatic heterocycles. The van der Waals surface area contributed by atoms with Crippen LogP contribution in [-0.2, 0) is 15.5 Å². The van der Waals surface area contributed by atoms with Crippen LogP contribution in [0.5, 0.6) is 0 Å². The minimum Gasteiger partial charge on any atom is -0.311 e. The van der Waals surface area contributed by atoms with E-state index in [-0.39, 0.29) is 16.6 Å². The van der Waals surface area contributed by atoms with E-state index in [9.17, 15) is 4.79 Å². The third-order valence-corrected chi connectivity index (χ3v) is 3.31. The van der Waals surface area contributed by atoms with Crippen molar-refractivity contribution in [2.45, 2.75) is 11.8 Å². The lowest BCUT2D eigenvalue weighted by Crippen LogP contribution is -2.16. The van der Waals surface area contributed by atoms with Gasteiger partial charge in [-0.05, 0) is 37.9 Å². The highest BCUT2D eigenvalue weighted by Crippen LogP contribution is 2.09. The molecule has 4 heteroatoms. The number of amides is 1. The molecule has 1 aromatic carbocycles. The largest absolute Gasteiger partial charge is 0.311 e. The summed E-state index contributed by atoms with van der Waals surface area (Å²) in [6.45, 7) is 2.35. The number of rotatable bonds is 3. The molecule has 1 atom stereocenters. The van der Waals surface area contributed by atoms with Crippen LogP contribution in [0.4, 0.5) is 0 Å². The summed E-state index contributed by atoms with van der Waals surface area (Å²) in [5, 5.41) is 2.80. The molecule has 15 heavy (non-hydrogen) atoms. The van der Waals surface area contributed by atoms with E-state index in [1.54, 1.807) is 7.05 Å². The number of nitrogens with one attached hydrogen (secondary N) is 1. The highest BCUT2D eigenvalue weighted by Gasteiger charge is 2.00. The predicted octanol–water partition coefficient (Wildman–Crippen LogP) is 1.53. The summed E-state index contributed by atoms with van der Waals surface area (Å²) in [6.07, 6.45) is 1.96.